The molecule has 0 radical (unpaired) electrons. The number of aromatic nitrogens is 1. The topological polar surface area (TPSA) is 81.2 Å². The first-order valence-corrected chi connectivity index (χ1v) is 4.05. The van der Waals surface area contributed by atoms with Gasteiger partial charge in [0.2, 0.25) is 0 Å². The van der Waals surface area contributed by atoms with Gasteiger partial charge in [-0.15, -0.1) is 0 Å². The highest BCUT2D eigenvalue weighted by Gasteiger charge is 2.11. The van der Waals surface area contributed by atoms with Crippen LogP contribution in [0.2, 0.25) is 0 Å². The van der Waals surface area contributed by atoms with Crippen molar-refractivity contribution in [2.45, 2.75) is 19.9 Å². The van der Waals surface area contributed by atoms with E-state index < -0.39 is 0 Å². The van der Waals surface area contributed by atoms with Crippen LogP contribution in [0.3, 0.4) is 0 Å². The number of hydrogen-bond donors (Lipinski definition) is 2. The summed E-state index contributed by atoms with van der Waals surface area (Å²) in [4.78, 5) is 15.1. The molecule has 0 aromatic carbocycles. The number of rotatable bonds is 3. The Labute approximate surface area is 76.3 Å². The molecule has 0 bridgehead atoms. The quantitative estimate of drug-likeness (QED) is 0.694. The van der Waals surface area contributed by atoms with Crippen molar-refractivity contribution in [3.05, 3.63) is 17.8 Å². The van der Waals surface area contributed by atoms with Gasteiger partial charge in [0, 0.05) is 12.6 Å². The predicted molar refractivity (Wildman–Crippen MR) is 47.2 cm³/mol. The predicted octanol–water partition coefficient (Wildman–Crippen LogP) is 0.0600. The summed E-state index contributed by atoms with van der Waals surface area (Å²) in [7, 11) is 0. The number of hydrogen-bond acceptors (Lipinski definition) is 4. The molecule has 1 unspecified atom stereocenters. The number of carbonyl (C=O) groups is 1. The van der Waals surface area contributed by atoms with Crippen molar-refractivity contribution in [2.24, 2.45) is 5.73 Å². The molecule has 0 aliphatic heterocycles. The van der Waals surface area contributed by atoms with E-state index in [1.807, 2.05) is 0 Å². The van der Waals surface area contributed by atoms with Crippen LogP contribution in [0.15, 0.2) is 10.7 Å². The lowest BCUT2D eigenvalue weighted by Gasteiger charge is -2.04. The third kappa shape index (κ3) is 2.87. The molecule has 0 fully saturated rings. The first-order valence-electron chi connectivity index (χ1n) is 4.05. The molecule has 1 amide bonds. The largest absolute Gasteiger partial charge is 0.441 e. The number of nitrogens with two attached hydrogens (primary N) is 1. The molecule has 1 heterocycles. The summed E-state index contributed by atoms with van der Waals surface area (Å²) in [6.45, 7) is 3.98. The Morgan fingerprint density at radius 3 is 3.00 bits per heavy atom. The molecule has 1 rings (SSSR count). The Morgan fingerprint density at radius 1 is 1.85 bits per heavy atom. The molecule has 5 heteroatoms. The monoisotopic (exact) mass is 183 g/mol. The van der Waals surface area contributed by atoms with Gasteiger partial charge in [0.1, 0.15) is 6.26 Å². The summed E-state index contributed by atoms with van der Waals surface area (Å²) in [6, 6.07) is -0.0694. The van der Waals surface area contributed by atoms with Crippen molar-refractivity contribution < 1.29 is 9.21 Å². The minimum atomic E-state index is -0.328. The average molecular weight is 183 g/mol. The van der Waals surface area contributed by atoms with Crippen molar-refractivity contribution in [1.82, 2.24) is 10.3 Å². The van der Waals surface area contributed by atoms with Crippen LogP contribution in [0.5, 0.6) is 0 Å². The third-order valence-electron chi connectivity index (χ3n) is 1.40. The van der Waals surface area contributed by atoms with Crippen molar-refractivity contribution in [3.8, 4) is 0 Å². The fraction of sp³-hybridized carbons (Fsp3) is 0.500. The van der Waals surface area contributed by atoms with Gasteiger partial charge in [0.25, 0.3) is 5.89 Å². The maximum absolute atomic E-state index is 11.2. The van der Waals surface area contributed by atoms with Gasteiger partial charge in [-0.05, 0) is 13.8 Å². The zero-order valence-electron chi connectivity index (χ0n) is 7.70. The van der Waals surface area contributed by atoms with Gasteiger partial charge in [-0.1, -0.05) is 0 Å². The average Bonchev–Trinajstić information content (AvgIpc) is 2.47. The highest BCUT2D eigenvalue weighted by molar-refractivity contribution is 5.89. The molecular formula is C8H13N3O2. The molecule has 1 aromatic heterocycles. The normalized spacial score (nSPS) is 12.5. The van der Waals surface area contributed by atoms with Crippen molar-refractivity contribution in [1.29, 1.82) is 0 Å². The maximum atomic E-state index is 11.2. The van der Waals surface area contributed by atoms with Crippen molar-refractivity contribution in [3.63, 3.8) is 0 Å². The summed E-state index contributed by atoms with van der Waals surface area (Å²) < 4.78 is 4.89. The molecule has 1 atom stereocenters. The van der Waals surface area contributed by atoms with E-state index >= 15 is 0 Å². The Morgan fingerprint density at radius 2 is 2.54 bits per heavy atom. The number of nitrogens with one attached hydrogen (secondary N) is 1. The van der Waals surface area contributed by atoms with Crippen LogP contribution < -0.4 is 11.1 Å². The molecule has 0 aliphatic carbocycles. The Balaban J connectivity index is 2.49. The summed E-state index contributed by atoms with van der Waals surface area (Å²) in [5.74, 6) is -0.247. The standard InChI is InChI=1S/C8H13N3O2/c1-5(9)3-10-7(12)8-11-6(2)4-13-8/h4-5H,3,9H2,1-2H3,(H,10,12). The molecule has 0 spiro atoms. The fourth-order valence-electron chi connectivity index (χ4n) is 0.788. The van der Waals surface area contributed by atoms with E-state index in [0.29, 0.717) is 12.2 Å². The minimum absolute atomic E-state index is 0.0694. The van der Waals surface area contributed by atoms with E-state index in [1.54, 1.807) is 13.8 Å². The van der Waals surface area contributed by atoms with Crippen molar-refractivity contribution >= 4 is 5.91 Å². The van der Waals surface area contributed by atoms with E-state index in [-0.39, 0.29) is 17.8 Å². The molecule has 1 aromatic rings. The third-order valence-corrected chi connectivity index (χ3v) is 1.40. The number of nitrogens with zero attached hydrogens (tertiary/aromatic N) is 1. The van der Waals surface area contributed by atoms with E-state index in [2.05, 4.69) is 10.3 Å². The molecule has 0 saturated carbocycles. The minimum Gasteiger partial charge on any atom is -0.441 e. The van der Waals surface area contributed by atoms with Crippen LogP contribution >= 0.6 is 0 Å². The summed E-state index contributed by atoms with van der Waals surface area (Å²) in [5.41, 5.74) is 6.14. The number of carbonyl (C=O) groups excluding carboxylic acids is 1. The highest BCUT2D eigenvalue weighted by Crippen LogP contribution is 1.99. The van der Waals surface area contributed by atoms with Crippen molar-refractivity contribution in [2.75, 3.05) is 6.54 Å². The van der Waals surface area contributed by atoms with E-state index in [9.17, 15) is 4.79 Å². The van der Waals surface area contributed by atoms with E-state index in [4.69, 9.17) is 10.2 Å². The lowest BCUT2D eigenvalue weighted by atomic mass is 10.3. The lowest BCUT2D eigenvalue weighted by molar-refractivity contribution is 0.0917. The van der Waals surface area contributed by atoms with Gasteiger partial charge in [-0.3, -0.25) is 4.79 Å². The zero-order chi connectivity index (χ0) is 9.84. The van der Waals surface area contributed by atoms with Gasteiger partial charge in [0.15, 0.2) is 0 Å². The molecule has 0 saturated heterocycles. The first-order chi connectivity index (χ1) is 6.09. The highest BCUT2D eigenvalue weighted by atomic mass is 16.4. The first kappa shape index (κ1) is 9.73. The van der Waals surface area contributed by atoms with E-state index in [1.165, 1.54) is 6.26 Å². The molecular weight excluding hydrogens is 170 g/mol. The second kappa shape index (κ2) is 4.04. The van der Waals surface area contributed by atoms with Gasteiger partial charge in [-0.25, -0.2) is 4.98 Å². The second-order valence-electron chi connectivity index (χ2n) is 2.98. The molecule has 72 valence electrons. The van der Waals surface area contributed by atoms with E-state index in [0.717, 1.165) is 0 Å². The Hall–Kier alpha value is -1.36. The number of aryl methyl sites for hydroxylation is 1. The van der Waals surface area contributed by atoms with Crippen LogP contribution in [0.25, 0.3) is 0 Å². The SMILES string of the molecule is Cc1coc(C(=O)NCC(C)N)n1. The Bertz CT molecular complexity index is 293. The fourth-order valence-corrected chi connectivity index (χ4v) is 0.788. The zero-order valence-corrected chi connectivity index (χ0v) is 7.70. The van der Waals surface area contributed by atoms with Crippen LogP contribution in [0.4, 0.5) is 0 Å². The summed E-state index contributed by atoms with van der Waals surface area (Å²) in [6.07, 6.45) is 1.43. The van der Waals surface area contributed by atoms with Crippen LogP contribution in [0.1, 0.15) is 23.3 Å². The molecule has 5 nitrogen and oxygen atoms in total. The molecule has 0 aliphatic rings. The van der Waals surface area contributed by atoms with Gasteiger partial charge < -0.3 is 15.5 Å². The second-order valence-corrected chi connectivity index (χ2v) is 2.98. The number of amides is 1. The van der Waals surface area contributed by atoms with Crippen LogP contribution in [-0.2, 0) is 0 Å². The van der Waals surface area contributed by atoms with Gasteiger partial charge >= 0.3 is 5.91 Å². The van der Waals surface area contributed by atoms with Crippen LogP contribution in [-0.4, -0.2) is 23.5 Å². The summed E-state index contributed by atoms with van der Waals surface area (Å²) in [5, 5.41) is 2.59. The number of oxazole rings is 1. The molecule has 3 N–H and O–H groups in total. The smallest absolute Gasteiger partial charge is 0.307 e. The summed E-state index contributed by atoms with van der Waals surface area (Å²) >= 11 is 0. The van der Waals surface area contributed by atoms with Gasteiger partial charge in [-0.2, -0.15) is 0 Å². The van der Waals surface area contributed by atoms with Gasteiger partial charge in [0.05, 0.1) is 5.69 Å². The molecule has 13 heavy (non-hydrogen) atoms. The van der Waals surface area contributed by atoms with Crippen LogP contribution in [0, 0.1) is 6.92 Å². The lowest BCUT2D eigenvalue weighted by Crippen LogP contribution is -2.35. The Kier molecular flexibility index (Phi) is 3.02. The maximum Gasteiger partial charge on any atom is 0.307 e.